The highest BCUT2D eigenvalue weighted by molar-refractivity contribution is 6.07. The lowest BCUT2D eigenvalue weighted by Gasteiger charge is -2.12. The van der Waals surface area contributed by atoms with Gasteiger partial charge >= 0.3 is 0 Å². The number of anilines is 1. The average Bonchev–Trinajstić information content (AvgIpc) is 3.09. The fourth-order valence-corrected chi connectivity index (χ4v) is 3.03. The minimum atomic E-state index is -0.181. The first-order chi connectivity index (χ1) is 14.5. The van der Waals surface area contributed by atoms with E-state index in [1.165, 1.54) is 0 Å². The molecule has 6 heteroatoms. The Labute approximate surface area is 176 Å². The molecule has 3 rings (SSSR count). The van der Waals surface area contributed by atoms with Crippen molar-refractivity contribution in [1.29, 1.82) is 0 Å². The summed E-state index contributed by atoms with van der Waals surface area (Å²) in [6, 6.07) is 15.7. The smallest absolute Gasteiger partial charge is 0.259 e. The molecule has 0 radical (unpaired) electrons. The van der Waals surface area contributed by atoms with E-state index >= 15 is 0 Å². The molecule has 0 saturated heterocycles. The molecule has 1 amide bonds. The molecule has 0 aliphatic carbocycles. The van der Waals surface area contributed by atoms with E-state index in [4.69, 9.17) is 4.84 Å². The first kappa shape index (κ1) is 20.9. The van der Waals surface area contributed by atoms with Gasteiger partial charge in [0.25, 0.3) is 5.91 Å². The quantitative estimate of drug-likeness (QED) is 0.288. The van der Waals surface area contributed by atoms with Gasteiger partial charge in [-0.1, -0.05) is 53.5 Å². The van der Waals surface area contributed by atoms with Crippen LogP contribution in [0.4, 0.5) is 5.69 Å². The minimum Gasteiger partial charge on any atom is -0.382 e. The van der Waals surface area contributed by atoms with Gasteiger partial charge in [-0.15, -0.1) is 5.92 Å². The molecule has 1 aromatic heterocycles. The van der Waals surface area contributed by atoms with Gasteiger partial charge in [0.1, 0.15) is 0 Å². The van der Waals surface area contributed by atoms with Crippen molar-refractivity contribution >= 4 is 17.3 Å². The number of nitrogens with zero attached hydrogens (tertiary/aromatic N) is 3. The fourth-order valence-electron chi connectivity index (χ4n) is 3.03. The van der Waals surface area contributed by atoms with Crippen LogP contribution in [-0.4, -0.2) is 28.0 Å². The molecule has 0 aliphatic heterocycles. The van der Waals surface area contributed by atoms with Crippen molar-refractivity contribution in [2.75, 3.05) is 11.9 Å². The maximum absolute atomic E-state index is 12.7. The molecule has 0 saturated carbocycles. The molecule has 0 spiro atoms. The van der Waals surface area contributed by atoms with Crippen molar-refractivity contribution in [3.63, 3.8) is 0 Å². The molecule has 1 heterocycles. The van der Waals surface area contributed by atoms with Crippen molar-refractivity contribution in [3.05, 3.63) is 71.5 Å². The monoisotopic (exact) mass is 400 g/mol. The lowest BCUT2D eigenvalue weighted by molar-refractivity contribution is 0.102. The molecule has 0 unspecified atom stereocenters. The summed E-state index contributed by atoms with van der Waals surface area (Å²) in [6.45, 7) is 5.74. The van der Waals surface area contributed by atoms with E-state index in [1.54, 1.807) is 24.9 Å². The van der Waals surface area contributed by atoms with E-state index in [0.717, 1.165) is 28.1 Å². The largest absolute Gasteiger partial charge is 0.382 e. The van der Waals surface area contributed by atoms with Gasteiger partial charge in [-0.05, 0) is 38.0 Å². The summed E-state index contributed by atoms with van der Waals surface area (Å²) in [5, 5.41) is 11.3. The standard InChI is InChI=1S/C24H24N4O2/c1-5-6-15-30-27-17(2)19-11-13-20(14-12-19)21-9-7-8-10-23(21)25-24(29)22-16-28(4)26-18(22)3/h7-14,16H,15H2,1-4H3,(H,25,29). The summed E-state index contributed by atoms with van der Waals surface area (Å²) in [6.07, 6.45) is 1.72. The van der Waals surface area contributed by atoms with Crippen molar-refractivity contribution in [2.45, 2.75) is 20.8 Å². The highest BCUT2D eigenvalue weighted by Crippen LogP contribution is 2.28. The van der Waals surface area contributed by atoms with Gasteiger partial charge in [0, 0.05) is 24.5 Å². The molecule has 3 aromatic rings. The van der Waals surface area contributed by atoms with Crippen LogP contribution in [-0.2, 0) is 11.9 Å². The van der Waals surface area contributed by atoms with Crippen LogP contribution in [0.5, 0.6) is 0 Å². The number of aryl methyl sites for hydroxylation is 2. The Morgan fingerprint density at radius 2 is 1.93 bits per heavy atom. The SMILES string of the molecule is CC#CCON=C(C)c1ccc(-c2ccccc2NC(=O)c2cn(C)nc2C)cc1. The Bertz CT molecular complexity index is 1130. The molecule has 2 aromatic carbocycles. The second kappa shape index (κ2) is 9.57. The number of para-hydroxylation sites is 1. The molecule has 1 N–H and O–H groups in total. The number of benzene rings is 2. The van der Waals surface area contributed by atoms with Crippen molar-refractivity contribution in [2.24, 2.45) is 12.2 Å². The second-order valence-corrected chi connectivity index (χ2v) is 6.76. The molecule has 0 fully saturated rings. The van der Waals surface area contributed by atoms with Crippen LogP contribution in [0.2, 0.25) is 0 Å². The maximum Gasteiger partial charge on any atom is 0.259 e. The summed E-state index contributed by atoms with van der Waals surface area (Å²) in [7, 11) is 1.80. The molecule has 0 atom stereocenters. The molecule has 30 heavy (non-hydrogen) atoms. The number of carbonyl (C=O) groups is 1. The van der Waals surface area contributed by atoms with Crippen LogP contribution in [0, 0.1) is 18.8 Å². The summed E-state index contributed by atoms with van der Waals surface area (Å²) in [4.78, 5) is 17.9. The van der Waals surface area contributed by atoms with Gasteiger partial charge in [-0.25, -0.2) is 0 Å². The summed E-state index contributed by atoms with van der Waals surface area (Å²) in [5.41, 5.74) is 5.64. The highest BCUT2D eigenvalue weighted by atomic mass is 16.6. The number of carbonyl (C=O) groups excluding carboxylic acids is 1. The summed E-state index contributed by atoms with van der Waals surface area (Å²) >= 11 is 0. The van der Waals surface area contributed by atoms with E-state index in [2.05, 4.69) is 27.4 Å². The zero-order chi connectivity index (χ0) is 21.5. The molecular weight excluding hydrogens is 376 g/mol. The van der Waals surface area contributed by atoms with Crippen LogP contribution in [0.3, 0.4) is 0 Å². The van der Waals surface area contributed by atoms with Crippen LogP contribution in [0.1, 0.15) is 35.5 Å². The Hall–Kier alpha value is -3.85. The number of hydrogen-bond donors (Lipinski definition) is 1. The average molecular weight is 400 g/mol. The first-order valence-corrected chi connectivity index (χ1v) is 9.57. The van der Waals surface area contributed by atoms with Gasteiger partial charge in [0.05, 0.1) is 17.0 Å². The summed E-state index contributed by atoms with van der Waals surface area (Å²) in [5.74, 6) is 5.39. The van der Waals surface area contributed by atoms with Crippen LogP contribution < -0.4 is 5.32 Å². The third-order valence-electron chi connectivity index (χ3n) is 4.56. The Morgan fingerprint density at radius 3 is 2.60 bits per heavy atom. The topological polar surface area (TPSA) is 68.5 Å². The summed E-state index contributed by atoms with van der Waals surface area (Å²) < 4.78 is 1.64. The van der Waals surface area contributed by atoms with Crippen LogP contribution in [0.15, 0.2) is 59.9 Å². The lowest BCUT2D eigenvalue weighted by atomic mass is 10.0. The van der Waals surface area contributed by atoms with E-state index in [1.807, 2.05) is 62.4 Å². The van der Waals surface area contributed by atoms with Crippen molar-refractivity contribution < 1.29 is 9.63 Å². The highest BCUT2D eigenvalue weighted by Gasteiger charge is 2.15. The van der Waals surface area contributed by atoms with Crippen molar-refractivity contribution in [3.8, 4) is 23.0 Å². The maximum atomic E-state index is 12.7. The molecule has 152 valence electrons. The fraction of sp³-hybridized carbons (Fsp3) is 0.208. The number of amides is 1. The molecule has 6 nitrogen and oxygen atoms in total. The first-order valence-electron chi connectivity index (χ1n) is 9.57. The van der Waals surface area contributed by atoms with Crippen LogP contribution >= 0.6 is 0 Å². The lowest BCUT2D eigenvalue weighted by Crippen LogP contribution is -2.13. The Kier molecular flexibility index (Phi) is 6.66. The molecule has 0 bridgehead atoms. The zero-order valence-electron chi connectivity index (χ0n) is 17.6. The third-order valence-corrected chi connectivity index (χ3v) is 4.56. The second-order valence-electron chi connectivity index (χ2n) is 6.76. The van der Waals surface area contributed by atoms with Gasteiger partial charge in [-0.3, -0.25) is 9.48 Å². The van der Waals surface area contributed by atoms with Crippen molar-refractivity contribution in [1.82, 2.24) is 9.78 Å². The Balaban J connectivity index is 1.80. The van der Waals surface area contributed by atoms with Gasteiger partial charge in [-0.2, -0.15) is 5.10 Å². The Morgan fingerprint density at radius 1 is 1.20 bits per heavy atom. The predicted molar refractivity (Wildman–Crippen MR) is 119 cm³/mol. The normalized spacial score (nSPS) is 10.9. The third kappa shape index (κ3) is 4.95. The molecule has 0 aliphatic rings. The van der Waals surface area contributed by atoms with E-state index < -0.39 is 0 Å². The number of nitrogens with one attached hydrogen (secondary N) is 1. The predicted octanol–water partition coefficient (Wildman–Crippen LogP) is 4.41. The van der Waals surface area contributed by atoms with Gasteiger partial charge in [0.2, 0.25) is 0 Å². The van der Waals surface area contributed by atoms with Gasteiger partial charge < -0.3 is 10.2 Å². The number of hydrogen-bond acceptors (Lipinski definition) is 4. The zero-order valence-corrected chi connectivity index (χ0v) is 17.6. The van der Waals surface area contributed by atoms with Gasteiger partial charge in [0.15, 0.2) is 6.61 Å². The number of oxime groups is 1. The van der Waals surface area contributed by atoms with Crippen LogP contribution in [0.25, 0.3) is 11.1 Å². The number of rotatable bonds is 6. The number of aromatic nitrogens is 2. The van der Waals surface area contributed by atoms with E-state index in [0.29, 0.717) is 11.3 Å². The minimum absolute atomic E-state index is 0.181. The van der Waals surface area contributed by atoms with E-state index in [9.17, 15) is 4.79 Å². The van der Waals surface area contributed by atoms with E-state index in [-0.39, 0.29) is 12.5 Å². The molecular formula is C24H24N4O2.